The minimum atomic E-state index is -1.06. The SMILES string of the molecule is O=C(O)Cn1cc(-c2cccc(Cl)c2)ccc1=O. The molecule has 18 heavy (non-hydrogen) atoms. The summed E-state index contributed by atoms with van der Waals surface area (Å²) < 4.78 is 1.15. The molecule has 0 aliphatic carbocycles. The Balaban J connectivity index is 2.47. The lowest BCUT2D eigenvalue weighted by atomic mass is 10.1. The van der Waals surface area contributed by atoms with Crippen LogP contribution < -0.4 is 5.56 Å². The maximum Gasteiger partial charge on any atom is 0.323 e. The average Bonchev–Trinajstić information content (AvgIpc) is 2.31. The molecule has 1 heterocycles. The first-order chi connectivity index (χ1) is 8.56. The Hall–Kier alpha value is -2.07. The van der Waals surface area contributed by atoms with Crippen molar-refractivity contribution in [3.05, 3.63) is 58.0 Å². The third-order valence-corrected chi connectivity index (χ3v) is 2.68. The Morgan fingerprint density at radius 3 is 2.67 bits per heavy atom. The minimum Gasteiger partial charge on any atom is -0.480 e. The second-order valence-electron chi connectivity index (χ2n) is 3.79. The summed E-state index contributed by atoms with van der Waals surface area (Å²) >= 11 is 5.89. The molecule has 0 bridgehead atoms. The lowest BCUT2D eigenvalue weighted by Crippen LogP contribution is -2.22. The van der Waals surface area contributed by atoms with Gasteiger partial charge < -0.3 is 9.67 Å². The summed E-state index contributed by atoms with van der Waals surface area (Å²) in [6, 6.07) is 10.1. The molecule has 0 saturated carbocycles. The molecule has 2 aromatic rings. The van der Waals surface area contributed by atoms with Crippen molar-refractivity contribution >= 4 is 17.6 Å². The largest absolute Gasteiger partial charge is 0.480 e. The number of nitrogens with zero attached hydrogens (tertiary/aromatic N) is 1. The highest BCUT2D eigenvalue weighted by molar-refractivity contribution is 6.30. The van der Waals surface area contributed by atoms with E-state index in [0.29, 0.717) is 5.02 Å². The van der Waals surface area contributed by atoms with Crippen molar-refractivity contribution in [3.8, 4) is 11.1 Å². The van der Waals surface area contributed by atoms with Crippen molar-refractivity contribution in [2.75, 3.05) is 0 Å². The van der Waals surface area contributed by atoms with Crippen molar-refractivity contribution < 1.29 is 9.90 Å². The quantitative estimate of drug-likeness (QED) is 0.924. The molecule has 0 amide bonds. The van der Waals surface area contributed by atoms with Crippen LogP contribution in [0.5, 0.6) is 0 Å². The van der Waals surface area contributed by atoms with Crippen LogP contribution in [0.1, 0.15) is 0 Å². The third kappa shape index (κ3) is 2.78. The molecule has 4 nitrogen and oxygen atoms in total. The van der Waals surface area contributed by atoms with Crippen LogP contribution in [-0.4, -0.2) is 15.6 Å². The molecule has 1 N–H and O–H groups in total. The molecule has 5 heteroatoms. The maximum absolute atomic E-state index is 11.5. The standard InChI is InChI=1S/C13H10ClNO3/c14-11-3-1-2-9(6-11)10-4-5-12(16)15(7-10)8-13(17)18/h1-7H,8H2,(H,17,18). The first-order valence-corrected chi connectivity index (χ1v) is 5.62. The van der Waals surface area contributed by atoms with Gasteiger partial charge >= 0.3 is 5.97 Å². The number of benzene rings is 1. The molecule has 0 aliphatic heterocycles. The zero-order chi connectivity index (χ0) is 13.1. The van der Waals surface area contributed by atoms with Crippen LogP contribution in [0.4, 0.5) is 0 Å². The first-order valence-electron chi connectivity index (χ1n) is 5.24. The Morgan fingerprint density at radius 2 is 2.00 bits per heavy atom. The van der Waals surface area contributed by atoms with Crippen molar-refractivity contribution in [2.45, 2.75) is 6.54 Å². The van der Waals surface area contributed by atoms with Crippen LogP contribution in [0, 0.1) is 0 Å². The zero-order valence-corrected chi connectivity index (χ0v) is 10.1. The smallest absolute Gasteiger partial charge is 0.323 e. The van der Waals surface area contributed by atoms with E-state index in [1.165, 1.54) is 12.3 Å². The number of hydrogen-bond acceptors (Lipinski definition) is 2. The highest BCUT2D eigenvalue weighted by Crippen LogP contribution is 2.21. The summed E-state index contributed by atoms with van der Waals surface area (Å²) in [4.78, 5) is 22.1. The molecular formula is C13H10ClNO3. The number of carboxylic acids is 1. The number of aliphatic carboxylic acids is 1. The van der Waals surface area contributed by atoms with Crippen LogP contribution >= 0.6 is 11.6 Å². The monoisotopic (exact) mass is 263 g/mol. The molecule has 92 valence electrons. The van der Waals surface area contributed by atoms with Gasteiger partial charge in [-0.1, -0.05) is 23.7 Å². The first kappa shape index (κ1) is 12.4. The van der Waals surface area contributed by atoms with Crippen LogP contribution in [0.15, 0.2) is 47.4 Å². The van der Waals surface area contributed by atoms with Gasteiger partial charge in [-0.2, -0.15) is 0 Å². The molecule has 0 atom stereocenters. The molecule has 0 unspecified atom stereocenters. The number of rotatable bonds is 3. The van der Waals surface area contributed by atoms with Gasteiger partial charge in [-0.15, -0.1) is 0 Å². The van der Waals surface area contributed by atoms with E-state index in [9.17, 15) is 9.59 Å². The van der Waals surface area contributed by atoms with Crippen LogP contribution in [0.2, 0.25) is 5.02 Å². The number of aromatic nitrogens is 1. The Kier molecular flexibility index (Phi) is 3.48. The topological polar surface area (TPSA) is 59.3 Å². The van der Waals surface area contributed by atoms with E-state index in [-0.39, 0.29) is 12.1 Å². The molecule has 2 rings (SSSR count). The number of carboxylic acid groups (broad SMARTS) is 1. The van der Waals surface area contributed by atoms with Gasteiger partial charge in [0.2, 0.25) is 0 Å². The molecule has 0 aliphatic rings. The molecule has 1 aromatic heterocycles. The predicted octanol–water partition coefficient (Wildman–Crippen LogP) is 2.25. The highest BCUT2D eigenvalue weighted by Gasteiger charge is 2.05. The molecule has 0 saturated heterocycles. The van der Waals surface area contributed by atoms with Gasteiger partial charge in [0.15, 0.2) is 0 Å². The number of pyridine rings is 1. The van der Waals surface area contributed by atoms with E-state index in [4.69, 9.17) is 16.7 Å². The average molecular weight is 264 g/mol. The summed E-state index contributed by atoms with van der Waals surface area (Å²) in [6.07, 6.45) is 1.52. The summed E-state index contributed by atoms with van der Waals surface area (Å²) in [6.45, 7) is -0.354. The Bertz CT molecular complexity index is 649. The second kappa shape index (κ2) is 5.06. The van der Waals surface area contributed by atoms with Crippen molar-refractivity contribution in [2.24, 2.45) is 0 Å². The lowest BCUT2D eigenvalue weighted by molar-refractivity contribution is -0.137. The summed E-state index contributed by atoms with van der Waals surface area (Å²) in [5.74, 6) is -1.06. The zero-order valence-electron chi connectivity index (χ0n) is 9.34. The lowest BCUT2D eigenvalue weighted by Gasteiger charge is -2.06. The van der Waals surface area contributed by atoms with Crippen molar-refractivity contribution in [1.29, 1.82) is 0 Å². The van der Waals surface area contributed by atoms with E-state index in [1.54, 1.807) is 24.3 Å². The highest BCUT2D eigenvalue weighted by atomic mass is 35.5. The van der Waals surface area contributed by atoms with Crippen LogP contribution in [0.25, 0.3) is 11.1 Å². The predicted molar refractivity (Wildman–Crippen MR) is 68.8 cm³/mol. The summed E-state index contributed by atoms with van der Waals surface area (Å²) in [5, 5.41) is 9.30. The van der Waals surface area contributed by atoms with Gasteiger partial charge in [0.05, 0.1) is 0 Å². The van der Waals surface area contributed by atoms with E-state index in [2.05, 4.69) is 0 Å². The molecule has 0 fully saturated rings. The normalized spacial score (nSPS) is 10.3. The number of hydrogen-bond donors (Lipinski definition) is 1. The number of halogens is 1. The molecule has 0 spiro atoms. The third-order valence-electron chi connectivity index (χ3n) is 2.45. The Labute approximate surface area is 108 Å². The van der Waals surface area contributed by atoms with Gasteiger partial charge in [0.25, 0.3) is 5.56 Å². The fourth-order valence-corrected chi connectivity index (χ4v) is 1.83. The van der Waals surface area contributed by atoms with E-state index in [1.807, 2.05) is 6.07 Å². The molecule has 1 aromatic carbocycles. The fraction of sp³-hybridized carbons (Fsp3) is 0.0769. The van der Waals surface area contributed by atoms with Gasteiger partial charge in [-0.05, 0) is 29.3 Å². The maximum atomic E-state index is 11.5. The summed E-state index contributed by atoms with van der Waals surface area (Å²) in [7, 11) is 0. The van der Waals surface area contributed by atoms with Gasteiger partial charge in [0.1, 0.15) is 6.54 Å². The van der Waals surface area contributed by atoms with Crippen LogP contribution in [-0.2, 0) is 11.3 Å². The van der Waals surface area contributed by atoms with E-state index >= 15 is 0 Å². The molecule has 0 radical (unpaired) electrons. The molecular weight excluding hydrogens is 254 g/mol. The van der Waals surface area contributed by atoms with E-state index < -0.39 is 5.97 Å². The minimum absolute atomic E-state index is 0.344. The summed E-state index contributed by atoms with van der Waals surface area (Å²) in [5.41, 5.74) is 1.24. The van der Waals surface area contributed by atoms with Crippen molar-refractivity contribution in [1.82, 2.24) is 4.57 Å². The van der Waals surface area contributed by atoms with E-state index in [0.717, 1.165) is 15.7 Å². The van der Waals surface area contributed by atoms with Gasteiger partial charge in [-0.25, -0.2) is 0 Å². The Morgan fingerprint density at radius 1 is 1.22 bits per heavy atom. The van der Waals surface area contributed by atoms with Gasteiger partial charge in [-0.3, -0.25) is 9.59 Å². The van der Waals surface area contributed by atoms with Crippen molar-refractivity contribution in [3.63, 3.8) is 0 Å². The second-order valence-corrected chi connectivity index (χ2v) is 4.22. The van der Waals surface area contributed by atoms with Crippen LogP contribution in [0.3, 0.4) is 0 Å². The number of carbonyl (C=O) groups is 1. The fourth-order valence-electron chi connectivity index (χ4n) is 1.64. The van der Waals surface area contributed by atoms with Gasteiger partial charge in [0, 0.05) is 17.3 Å².